The maximum atomic E-state index is 10.5. The zero-order chi connectivity index (χ0) is 16.1. The first-order chi connectivity index (χ1) is 11.1. The predicted octanol–water partition coefficient (Wildman–Crippen LogP) is 3.81. The second-order valence-electron chi connectivity index (χ2n) is 5.79. The van der Waals surface area contributed by atoms with Crippen LogP contribution >= 0.6 is 11.3 Å². The quantitative estimate of drug-likeness (QED) is 0.725. The molecule has 3 aromatic rings. The van der Waals surface area contributed by atoms with Gasteiger partial charge in [-0.1, -0.05) is 24.3 Å². The molecule has 0 saturated heterocycles. The van der Waals surface area contributed by atoms with Gasteiger partial charge >= 0.3 is 0 Å². The molecule has 3 rings (SSSR count). The lowest BCUT2D eigenvalue weighted by atomic mass is 10.0. The van der Waals surface area contributed by atoms with E-state index in [1.165, 1.54) is 11.1 Å². The first kappa shape index (κ1) is 15.9. The van der Waals surface area contributed by atoms with Crippen LogP contribution in [0.5, 0.6) is 0 Å². The fraction of sp³-hybridized carbons (Fsp3) is 0.211. The molecule has 23 heavy (non-hydrogen) atoms. The molecule has 0 spiro atoms. The number of aliphatic hydroxyl groups is 1. The molecule has 0 saturated carbocycles. The van der Waals surface area contributed by atoms with E-state index in [1.54, 1.807) is 23.7 Å². The predicted molar refractivity (Wildman–Crippen MR) is 95.3 cm³/mol. The molecule has 0 aliphatic heterocycles. The molecule has 2 N–H and O–H groups in total. The zero-order valence-corrected chi connectivity index (χ0v) is 13.9. The van der Waals surface area contributed by atoms with Crippen molar-refractivity contribution in [3.8, 4) is 11.1 Å². The Kier molecular flexibility index (Phi) is 4.86. The van der Waals surface area contributed by atoms with Gasteiger partial charge in [0, 0.05) is 30.4 Å². The molecule has 2 heterocycles. The van der Waals surface area contributed by atoms with E-state index in [2.05, 4.69) is 34.6 Å². The minimum Gasteiger partial charge on any atom is -0.383 e. The van der Waals surface area contributed by atoms with Crippen molar-refractivity contribution in [2.24, 2.45) is 0 Å². The molecule has 0 bridgehead atoms. The van der Waals surface area contributed by atoms with Gasteiger partial charge in [-0.3, -0.25) is 4.98 Å². The Balaban J connectivity index is 1.63. The van der Waals surface area contributed by atoms with E-state index < -0.39 is 5.60 Å². The highest BCUT2D eigenvalue weighted by atomic mass is 32.1. The van der Waals surface area contributed by atoms with Crippen molar-refractivity contribution in [2.75, 3.05) is 6.54 Å². The standard InChI is InChI=1S/C19H20N2OS/c1-19(22,18-6-3-11-23-18)14-21-13-15-4-2-5-17(12-15)16-7-9-20-10-8-16/h2-12,21-22H,13-14H2,1H3. The first-order valence-electron chi connectivity index (χ1n) is 7.61. The second kappa shape index (κ2) is 7.04. The molecule has 0 radical (unpaired) electrons. The minimum absolute atomic E-state index is 0.521. The summed E-state index contributed by atoms with van der Waals surface area (Å²) in [6.07, 6.45) is 3.61. The number of thiophene rings is 1. The molecule has 1 unspecified atom stereocenters. The minimum atomic E-state index is -0.836. The van der Waals surface area contributed by atoms with E-state index >= 15 is 0 Å². The highest BCUT2D eigenvalue weighted by molar-refractivity contribution is 7.10. The van der Waals surface area contributed by atoms with Gasteiger partial charge in [0.05, 0.1) is 0 Å². The number of hydrogen-bond acceptors (Lipinski definition) is 4. The Morgan fingerprint density at radius 3 is 2.65 bits per heavy atom. The van der Waals surface area contributed by atoms with E-state index in [-0.39, 0.29) is 0 Å². The number of pyridine rings is 1. The van der Waals surface area contributed by atoms with Crippen molar-refractivity contribution in [1.29, 1.82) is 0 Å². The maximum absolute atomic E-state index is 10.5. The number of benzene rings is 1. The number of aromatic nitrogens is 1. The van der Waals surface area contributed by atoms with Gasteiger partial charge in [-0.15, -0.1) is 11.3 Å². The monoisotopic (exact) mass is 324 g/mol. The molecule has 0 aliphatic rings. The Bertz CT molecular complexity index is 739. The fourth-order valence-electron chi connectivity index (χ4n) is 2.53. The lowest BCUT2D eigenvalue weighted by Gasteiger charge is -2.22. The average molecular weight is 324 g/mol. The van der Waals surface area contributed by atoms with Crippen LogP contribution in [0.2, 0.25) is 0 Å². The van der Waals surface area contributed by atoms with Crippen molar-refractivity contribution in [2.45, 2.75) is 19.1 Å². The van der Waals surface area contributed by atoms with Crippen LogP contribution in [0, 0.1) is 0 Å². The number of nitrogens with one attached hydrogen (secondary N) is 1. The van der Waals surface area contributed by atoms with E-state index in [9.17, 15) is 5.11 Å². The molecule has 0 amide bonds. The van der Waals surface area contributed by atoms with Gasteiger partial charge in [0.2, 0.25) is 0 Å². The van der Waals surface area contributed by atoms with E-state index in [0.717, 1.165) is 17.0 Å². The second-order valence-corrected chi connectivity index (χ2v) is 6.74. The van der Waals surface area contributed by atoms with E-state index in [4.69, 9.17) is 0 Å². The van der Waals surface area contributed by atoms with Gasteiger partial charge in [-0.05, 0) is 53.3 Å². The molecular weight excluding hydrogens is 304 g/mol. The van der Waals surface area contributed by atoms with E-state index in [0.29, 0.717) is 6.54 Å². The molecule has 1 aromatic carbocycles. The summed E-state index contributed by atoms with van der Waals surface area (Å²) in [5, 5.41) is 15.9. The van der Waals surface area contributed by atoms with Gasteiger partial charge in [0.15, 0.2) is 0 Å². The van der Waals surface area contributed by atoms with Crippen molar-refractivity contribution in [1.82, 2.24) is 10.3 Å². The van der Waals surface area contributed by atoms with Crippen molar-refractivity contribution in [3.05, 3.63) is 76.7 Å². The summed E-state index contributed by atoms with van der Waals surface area (Å²) in [6, 6.07) is 16.4. The van der Waals surface area contributed by atoms with Crippen molar-refractivity contribution >= 4 is 11.3 Å². The molecule has 118 valence electrons. The fourth-order valence-corrected chi connectivity index (χ4v) is 3.31. The Morgan fingerprint density at radius 2 is 1.91 bits per heavy atom. The highest BCUT2D eigenvalue weighted by Gasteiger charge is 2.23. The average Bonchev–Trinajstić information content (AvgIpc) is 3.11. The van der Waals surface area contributed by atoms with Gasteiger partial charge in [0.25, 0.3) is 0 Å². The largest absolute Gasteiger partial charge is 0.383 e. The smallest absolute Gasteiger partial charge is 0.108 e. The third kappa shape index (κ3) is 4.05. The van der Waals surface area contributed by atoms with Gasteiger partial charge in [-0.25, -0.2) is 0 Å². The number of rotatable bonds is 6. The van der Waals surface area contributed by atoms with Crippen LogP contribution in [0.1, 0.15) is 17.4 Å². The van der Waals surface area contributed by atoms with Crippen LogP contribution in [-0.2, 0) is 12.1 Å². The highest BCUT2D eigenvalue weighted by Crippen LogP contribution is 2.24. The topological polar surface area (TPSA) is 45.1 Å². The summed E-state index contributed by atoms with van der Waals surface area (Å²) in [6.45, 7) is 3.09. The summed E-state index contributed by atoms with van der Waals surface area (Å²) in [7, 11) is 0. The number of hydrogen-bond donors (Lipinski definition) is 2. The zero-order valence-electron chi connectivity index (χ0n) is 13.1. The summed E-state index contributed by atoms with van der Waals surface area (Å²) < 4.78 is 0. The first-order valence-corrected chi connectivity index (χ1v) is 8.49. The summed E-state index contributed by atoms with van der Waals surface area (Å²) in [4.78, 5) is 5.04. The normalized spacial score (nSPS) is 13.7. The molecule has 2 aromatic heterocycles. The third-order valence-corrected chi connectivity index (χ3v) is 4.91. The summed E-state index contributed by atoms with van der Waals surface area (Å²) in [5.41, 5.74) is 2.70. The van der Waals surface area contributed by atoms with Crippen molar-refractivity contribution in [3.63, 3.8) is 0 Å². The van der Waals surface area contributed by atoms with Gasteiger partial charge in [0.1, 0.15) is 5.60 Å². The molecule has 3 nitrogen and oxygen atoms in total. The molecule has 0 fully saturated rings. The van der Waals surface area contributed by atoms with Crippen molar-refractivity contribution < 1.29 is 5.11 Å². The Hall–Kier alpha value is -2.01. The summed E-state index contributed by atoms with van der Waals surface area (Å²) in [5.74, 6) is 0. The molecule has 0 aliphatic carbocycles. The van der Waals surface area contributed by atoms with Crippen LogP contribution in [0.25, 0.3) is 11.1 Å². The number of nitrogens with zero attached hydrogens (tertiary/aromatic N) is 1. The van der Waals surface area contributed by atoms with Gasteiger partial charge < -0.3 is 10.4 Å². The van der Waals surface area contributed by atoms with Crippen LogP contribution in [0.3, 0.4) is 0 Å². The summed E-state index contributed by atoms with van der Waals surface area (Å²) >= 11 is 1.58. The Morgan fingerprint density at radius 1 is 1.09 bits per heavy atom. The lowest BCUT2D eigenvalue weighted by Crippen LogP contribution is -2.34. The molecular formula is C19H20N2OS. The van der Waals surface area contributed by atoms with E-state index in [1.807, 2.05) is 36.6 Å². The molecule has 4 heteroatoms. The van der Waals surface area contributed by atoms with Crippen LogP contribution in [-0.4, -0.2) is 16.6 Å². The SMILES string of the molecule is CC(O)(CNCc1cccc(-c2ccncc2)c1)c1cccs1. The van der Waals surface area contributed by atoms with Crippen LogP contribution < -0.4 is 5.32 Å². The third-order valence-electron chi connectivity index (χ3n) is 3.79. The Labute approximate surface area is 140 Å². The molecule has 1 atom stereocenters. The van der Waals surface area contributed by atoms with Crippen LogP contribution in [0.15, 0.2) is 66.3 Å². The van der Waals surface area contributed by atoms with Gasteiger partial charge in [-0.2, -0.15) is 0 Å². The lowest BCUT2D eigenvalue weighted by molar-refractivity contribution is 0.0604. The maximum Gasteiger partial charge on any atom is 0.108 e. The van der Waals surface area contributed by atoms with Crippen LogP contribution in [0.4, 0.5) is 0 Å².